The molecule has 0 spiro atoms. The molecular weight excluding hydrogens is 304 g/mol. The fourth-order valence-corrected chi connectivity index (χ4v) is 2.12. The Labute approximate surface area is 132 Å². The highest BCUT2D eigenvalue weighted by Crippen LogP contribution is 2.23. The zero-order chi connectivity index (χ0) is 15.9. The summed E-state index contributed by atoms with van der Waals surface area (Å²) < 4.78 is 0. The molecule has 22 heavy (non-hydrogen) atoms. The molecule has 0 aliphatic heterocycles. The zero-order valence-corrected chi connectivity index (χ0v) is 12.3. The monoisotopic (exact) mass is 316 g/mol. The maximum Gasteiger partial charge on any atom is 0.292 e. The number of para-hydroxylation sites is 2. The van der Waals surface area contributed by atoms with Gasteiger partial charge in [0.1, 0.15) is 11.8 Å². The molecule has 2 aromatic rings. The summed E-state index contributed by atoms with van der Waals surface area (Å²) in [5.41, 5.74) is 1.73. The Morgan fingerprint density at radius 3 is 2.59 bits per heavy atom. The fraction of sp³-hybridized carbons (Fsp3) is 0.133. The lowest BCUT2D eigenvalue weighted by molar-refractivity contribution is -0.384. The van der Waals surface area contributed by atoms with E-state index in [1.165, 1.54) is 6.07 Å². The molecule has 0 aromatic heterocycles. The largest absolute Gasteiger partial charge is 0.383 e. The smallest absolute Gasteiger partial charge is 0.292 e. The van der Waals surface area contributed by atoms with Crippen molar-refractivity contribution in [1.29, 1.82) is 5.26 Å². The van der Waals surface area contributed by atoms with Gasteiger partial charge in [0.15, 0.2) is 0 Å². The van der Waals surface area contributed by atoms with Crippen molar-refractivity contribution in [3.05, 3.63) is 63.2 Å². The van der Waals surface area contributed by atoms with Crippen LogP contribution in [-0.2, 0) is 0 Å². The molecule has 0 unspecified atom stereocenters. The Hall–Kier alpha value is -2.78. The highest BCUT2D eigenvalue weighted by Gasteiger charge is 2.11. The van der Waals surface area contributed by atoms with Crippen LogP contribution in [0.4, 0.5) is 17.1 Å². The minimum absolute atomic E-state index is 0.0453. The van der Waals surface area contributed by atoms with Gasteiger partial charge in [0.25, 0.3) is 5.69 Å². The second-order valence-corrected chi connectivity index (χ2v) is 4.84. The number of nitrogens with one attached hydrogen (secondary N) is 2. The molecule has 0 radical (unpaired) electrons. The number of rotatable bonds is 6. The Morgan fingerprint density at radius 1 is 1.18 bits per heavy atom. The predicted molar refractivity (Wildman–Crippen MR) is 86.2 cm³/mol. The number of nitrogens with zero attached hydrogens (tertiary/aromatic N) is 2. The highest BCUT2D eigenvalue weighted by molar-refractivity contribution is 6.32. The second kappa shape index (κ2) is 7.29. The molecule has 0 amide bonds. The molecule has 0 saturated carbocycles. The number of nitro groups is 1. The van der Waals surface area contributed by atoms with Crippen LogP contribution in [0.3, 0.4) is 0 Å². The van der Waals surface area contributed by atoms with Crippen molar-refractivity contribution >= 4 is 28.7 Å². The molecule has 2 N–H and O–H groups in total. The molecule has 0 aliphatic rings. The molecule has 0 fully saturated rings. The van der Waals surface area contributed by atoms with Crippen LogP contribution < -0.4 is 10.6 Å². The van der Waals surface area contributed by atoms with Crippen LogP contribution >= 0.6 is 11.6 Å². The number of halogens is 1. The lowest BCUT2D eigenvalue weighted by Gasteiger charge is -2.09. The summed E-state index contributed by atoms with van der Waals surface area (Å²) in [5.74, 6) is 0. The number of hydrogen-bond donors (Lipinski definition) is 2. The van der Waals surface area contributed by atoms with Gasteiger partial charge in [0.2, 0.25) is 0 Å². The van der Waals surface area contributed by atoms with E-state index < -0.39 is 4.92 Å². The number of hydrogen-bond acceptors (Lipinski definition) is 5. The highest BCUT2D eigenvalue weighted by atomic mass is 35.5. The summed E-state index contributed by atoms with van der Waals surface area (Å²) in [6.07, 6.45) is 0. The maximum atomic E-state index is 10.9. The molecule has 6 nitrogen and oxygen atoms in total. The van der Waals surface area contributed by atoms with E-state index in [0.717, 1.165) is 5.69 Å². The first kappa shape index (κ1) is 15.6. The predicted octanol–water partition coefficient (Wildman–Crippen LogP) is 3.64. The first-order valence-electron chi connectivity index (χ1n) is 6.52. The fourth-order valence-electron chi connectivity index (χ4n) is 1.90. The number of nitro benzene ring substituents is 1. The molecule has 7 heteroatoms. The third-order valence-electron chi connectivity index (χ3n) is 2.96. The number of anilines is 2. The van der Waals surface area contributed by atoms with Crippen molar-refractivity contribution in [1.82, 2.24) is 0 Å². The quantitative estimate of drug-likeness (QED) is 0.482. The van der Waals surface area contributed by atoms with Crippen LogP contribution in [0, 0.1) is 21.4 Å². The van der Waals surface area contributed by atoms with E-state index >= 15 is 0 Å². The van der Waals surface area contributed by atoms with E-state index in [9.17, 15) is 10.1 Å². The van der Waals surface area contributed by atoms with Crippen molar-refractivity contribution in [2.75, 3.05) is 23.7 Å². The van der Waals surface area contributed by atoms with Gasteiger partial charge in [-0.05, 0) is 24.3 Å². The lowest BCUT2D eigenvalue weighted by atomic mass is 10.2. The van der Waals surface area contributed by atoms with E-state index in [1.807, 2.05) is 6.07 Å². The Morgan fingerprint density at radius 2 is 1.91 bits per heavy atom. The van der Waals surface area contributed by atoms with Gasteiger partial charge in [0.05, 0.1) is 15.5 Å². The van der Waals surface area contributed by atoms with Crippen LogP contribution in [0.15, 0.2) is 42.5 Å². The van der Waals surface area contributed by atoms with E-state index in [2.05, 4.69) is 10.6 Å². The van der Waals surface area contributed by atoms with Gasteiger partial charge in [-0.3, -0.25) is 10.1 Å². The zero-order valence-electron chi connectivity index (χ0n) is 11.5. The maximum absolute atomic E-state index is 10.9. The standard InChI is InChI=1S/C15H13ClN4O2/c16-13-9-12(6-5-11(13)10-17)18-7-8-19-14-3-1-2-4-15(14)20(21)22/h1-6,9,18-19H,7-8H2. The van der Waals surface area contributed by atoms with Gasteiger partial charge in [-0.25, -0.2) is 0 Å². The first-order chi connectivity index (χ1) is 10.6. The third-order valence-corrected chi connectivity index (χ3v) is 3.27. The SMILES string of the molecule is N#Cc1ccc(NCCNc2ccccc2[N+](=O)[O-])cc1Cl. The Kier molecular flexibility index (Phi) is 5.17. The number of benzene rings is 2. The van der Waals surface area contributed by atoms with E-state index in [-0.39, 0.29) is 5.69 Å². The van der Waals surface area contributed by atoms with Gasteiger partial charge < -0.3 is 10.6 Å². The van der Waals surface area contributed by atoms with E-state index in [4.69, 9.17) is 16.9 Å². The Balaban J connectivity index is 1.89. The van der Waals surface area contributed by atoms with Crippen LogP contribution in [0.5, 0.6) is 0 Å². The van der Waals surface area contributed by atoms with Crippen molar-refractivity contribution in [3.8, 4) is 6.07 Å². The molecular formula is C15H13ClN4O2. The molecule has 2 rings (SSSR count). The van der Waals surface area contributed by atoms with E-state index in [1.54, 1.807) is 36.4 Å². The molecule has 2 aromatic carbocycles. The van der Waals surface area contributed by atoms with Gasteiger partial charge in [-0.2, -0.15) is 5.26 Å². The molecule has 0 saturated heterocycles. The molecule has 112 valence electrons. The van der Waals surface area contributed by atoms with Gasteiger partial charge in [0, 0.05) is 24.8 Å². The normalized spacial score (nSPS) is 9.82. The Bertz CT molecular complexity index is 728. The van der Waals surface area contributed by atoms with Crippen LogP contribution in [0.25, 0.3) is 0 Å². The van der Waals surface area contributed by atoms with Crippen molar-refractivity contribution < 1.29 is 4.92 Å². The average molecular weight is 317 g/mol. The molecule has 0 aliphatic carbocycles. The van der Waals surface area contributed by atoms with Gasteiger partial charge in [-0.1, -0.05) is 23.7 Å². The van der Waals surface area contributed by atoms with Crippen molar-refractivity contribution in [2.24, 2.45) is 0 Å². The second-order valence-electron chi connectivity index (χ2n) is 4.43. The lowest BCUT2D eigenvalue weighted by Crippen LogP contribution is -2.14. The molecule has 0 bridgehead atoms. The molecule has 0 atom stereocenters. The summed E-state index contributed by atoms with van der Waals surface area (Å²) in [4.78, 5) is 10.5. The van der Waals surface area contributed by atoms with Gasteiger partial charge >= 0.3 is 0 Å². The number of nitriles is 1. The summed E-state index contributed by atoms with van der Waals surface area (Å²) in [5, 5.41) is 26.2. The van der Waals surface area contributed by atoms with Crippen LogP contribution in [0.2, 0.25) is 5.02 Å². The van der Waals surface area contributed by atoms with Gasteiger partial charge in [-0.15, -0.1) is 0 Å². The summed E-state index contributed by atoms with van der Waals surface area (Å²) >= 11 is 5.94. The molecule has 0 heterocycles. The topological polar surface area (TPSA) is 91.0 Å². The van der Waals surface area contributed by atoms with Crippen LogP contribution in [-0.4, -0.2) is 18.0 Å². The first-order valence-corrected chi connectivity index (χ1v) is 6.90. The third kappa shape index (κ3) is 3.87. The minimum atomic E-state index is -0.420. The summed E-state index contributed by atoms with van der Waals surface area (Å²) in [7, 11) is 0. The minimum Gasteiger partial charge on any atom is -0.383 e. The van der Waals surface area contributed by atoms with Crippen LogP contribution in [0.1, 0.15) is 5.56 Å². The summed E-state index contributed by atoms with van der Waals surface area (Å²) in [6.45, 7) is 1.05. The summed E-state index contributed by atoms with van der Waals surface area (Å²) in [6, 6.07) is 13.5. The van der Waals surface area contributed by atoms with Crippen molar-refractivity contribution in [2.45, 2.75) is 0 Å². The van der Waals surface area contributed by atoms with Crippen molar-refractivity contribution in [3.63, 3.8) is 0 Å². The average Bonchev–Trinajstić information content (AvgIpc) is 2.52. The van der Waals surface area contributed by atoms with E-state index in [0.29, 0.717) is 29.4 Å².